The number of anilines is 1. The van der Waals surface area contributed by atoms with Crippen LogP contribution in [-0.4, -0.2) is 31.7 Å². The number of sulfonamides is 1. The molecule has 0 bridgehead atoms. The van der Waals surface area contributed by atoms with Crippen LogP contribution >= 0.6 is 0 Å². The molecule has 0 saturated carbocycles. The second kappa shape index (κ2) is 9.32. The summed E-state index contributed by atoms with van der Waals surface area (Å²) in [5, 5.41) is 2.87. The first-order valence-corrected chi connectivity index (χ1v) is 11.8. The van der Waals surface area contributed by atoms with Crippen LogP contribution in [0, 0.1) is 0 Å². The molecular weight excluding hydrogens is 412 g/mol. The molecule has 0 atom stereocenters. The molecule has 1 heterocycles. The fourth-order valence-corrected chi connectivity index (χ4v) is 5.10. The van der Waals surface area contributed by atoms with Crippen molar-refractivity contribution < 1.29 is 17.9 Å². The van der Waals surface area contributed by atoms with Crippen molar-refractivity contribution in [3.05, 3.63) is 90.0 Å². The van der Waals surface area contributed by atoms with Crippen molar-refractivity contribution in [1.29, 1.82) is 0 Å². The quantitative estimate of drug-likeness (QED) is 0.585. The number of carbonyl (C=O) groups is 1. The van der Waals surface area contributed by atoms with E-state index in [1.807, 2.05) is 42.5 Å². The highest BCUT2D eigenvalue weighted by Gasteiger charge is 2.25. The highest BCUT2D eigenvalue weighted by Crippen LogP contribution is 2.29. The number of amides is 1. The average Bonchev–Trinajstić information content (AvgIpc) is 3.32. The van der Waals surface area contributed by atoms with Gasteiger partial charge in [-0.05, 0) is 54.8 Å². The van der Waals surface area contributed by atoms with Crippen LogP contribution in [0.25, 0.3) is 0 Å². The van der Waals surface area contributed by atoms with Gasteiger partial charge in [-0.3, -0.25) is 4.79 Å². The Balaban J connectivity index is 1.44. The zero-order chi connectivity index (χ0) is 21.7. The fraction of sp³-hybridized carbons (Fsp3) is 0.208. The Morgan fingerprint density at radius 1 is 0.871 bits per heavy atom. The number of benzene rings is 3. The van der Waals surface area contributed by atoms with Crippen molar-refractivity contribution in [3.63, 3.8) is 0 Å². The summed E-state index contributed by atoms with van der Waals surface area (Å²) in [6.07, 6.45) is 1.82. The van der Waals surface area contributed by atoms with Crippen molar-refractivity contribution in [2.45, 2.75) is 18.6 Å². The Bertz CT molecular complexity index is 1140. The van der Waals surface area contributed by atoms with E-state index in [4.69, 9.17) is 4.74 Å². The van der Waals surface area contributed by atoms with Gasteiger partial charge in [0.15, 0.2) is 5.75 Å². The standard InChI is InChI=1S/C24H24N2O4S/c27-24(25-22-10-4-5-11-23(22)30-21-8-2-1-3-9-21)20-14-12-19(13-15-20)18-31(28,29)26-16-6-7-17-26/h1-5,8-15H,6-7,16-18H2,(H,25,27). The van der Waals surface area contributed by atoms with Gasteiger partial charge in [0.25, 0.3) is 5.91 Å². The molecule has 0 spiro atoms. The van der Waals surface area contributed by atoms with Gasteiger partial charge in [-0.25, -0.2) is 12.7 Å². The van der Waals surface area contributed by atoms with Crippen LogP contribution in [0.4, 0.5) is 5.69 Å². The molecule has 1 amide bonds. The molecule has 160 valence electrons. The Morgan fingerprint density at radius 3 is 2.23 bits per heavy atom. The maximum atomic E-state index is 12.7. The Labute approximate surface area is 182 Å². The first-order valence-electron chi connectivity index (χ1n) is 10.2. The van der Waals surface area contributed by atoms with E-state index >= 15 is 0 Å². The molecule has 0 unspecified atom stereocenters. The summed E-state index contributed by atoms with van der Waals surface area (Å²) >= 11 is 0. The first-order chi connectivity index (χ1) is 15.0. The van der Waals surface area contributed by atoms with E-state index in [1.165, 1.54) is 4.31 Å². The van der Waals surface area contributed by atoms with Crippen LogP contribution in [-0.2, 0) is 15.8 Å². The van der Waals surface area contributed by atoms with Crippen LogP contribution in [0.15, 0.2) is 78.9 Å². The highest BCUT2D eigenvalue weighted by atomic mass is 32.2. The van der Waals surface area contributed by atoms with Crippen molar-refractivity contribution in [2.75, 3.05) is 18.4 Å². The smallest absolute Gasteiger partial charge is 0.255 e. The molecule has 0 aromatic heterocycles. The molecule has 1 N–H and O–H groups in total. The second-order valence-corrected chi connectivity index (χ2v) is 9.39. The molecular formula is C24H24N2O4S. The van der Waals surface area contributed by atoms with Gasteiger partial charge in [0.1, 0.15) is 5.75 Å². The molecule has 6 nitrogen and oxygen atoms in total. The highest BCUT2D eigenvalue weighted by molar-refractivity contribution is 7.88. The SMILES string of the molecule is O=C(Nc1ccccc1Oc1ccccc1)c1ccc(CS(=O)(=O)N2CCCC2)cc1. The molecule has 3 aromatic carbocycles. The van der Waals surface area contributed by atoms with Crippen molar-refractivity contribution in [1.82, 2.24) is 4.31 Å². The van der Waals surface area contributed by atoms with E-state index in [0.29, 0.717) is 41.4 Å². The minimum atomic E-state index is -3.31. The van der Waals surface area contributed by atoms with E-state index in [2.05, 4.69) is 5.32 Å². The maximum Gasteiger partial charge on any atom is 0.255 e. The van der Waals surface area contributed by atoms with E-state index in [9.17, 15) is 13.2 Å². The fourth-order valence-electron chi connectivity index (χ4n) is 3.49. The van der Waals surface area contributed by atoms with E-state index < -0.39 is 10.0 Å². The van der Waals surface area contributed by atoms with E-state index in [1.54, 1.807) is 36.4 Å². The van der Waals surface area contributed by atoms with Gasteiger partial charge in [-0.1, -0.05) is 42.5 Å². The Morgan fingerprint density at radius 2 is 1.52 bits per heavy atom. The Kier molecular flexibility index (Phi) is 6.34. The second-order valence-electron chi connectivity index (χ2n) is 7.42. The van der Waals surface area contributed by atoms with Crippen molar-refractivity contribution in [3.8, 4) is 11.5 Å². The summed E-state index contributed by atoms with van der Waals surface area (Å²) in [6, 6.07) is 23.2. The normalized spacial score (nSPS) is 14.3. The molecule has 4 rings (SSSR count). The van der Waals surface area contributed by atoms with Gasteiger partial charge in [0.2, 0.25) is 10.0 Å². The number of ether oxygens (including phenoxy) is 1. The maximum absolute atomic E-state index is 12.7. The predicted molar refractivity (Wildman–Crippen MR) is 121 cm³/mol. The third kappa shape index (κ3) is 5.31. The lowest BCUT2D eigenvalue weighted by molar-refractivity contribution is 0.102. The molecule has 0 radical (unpaired) electrons. The monoisotopic (exact) mass is 436 g/mol. The lowest BCUT2D eigenvalue weighted by atomic mass is 10.1. The molecule has 31 heavy (non-hydrogen) atoms. The average molecular weight is 437 g/mol. The summed E-state index contributed by atoms with van der Waals surface area (Å²) in [5.74, 6) is 0.865. The van der Waals surface area contributed by atoms with E-state index in [0.717, 1.165) is 12.8 Å². The van der Waals surface area contributed by atoms with Crippen LogP contribution in [0.3, 0.4) is 0 Å². The zero-order valence-electron chi connectivity index (χ0n) is 17.0. The molecule has 1 fully saturated rings. The number of nitrogens with one attached hydrogen (secondary N) is 1. The summed E-state index contributed by atoms with van der Waals surface area (Å²) in [6.45, 7) is 1.18. The van der Waals surface area contributed by atoms with Gasteiger partial charge in [-0.15, -0.1) is 0 Å². The van der Waals surface area contributed by atoms with Gasteiger partial charge in [0, 0.05) is 18.7 Å². The number of hydrogen-bond acceptors (Lipinski definition) is 4. The van der Waals surface area contributed by atoms with Crippen LogP contribution in [0.2, 0.25) is 0 Å². The minimum Gasteiger partial charge on any atom is -0.455 e. The van der Waals surface area contributed by atoms with Gasteiger partial charge in [-0.2, -0.15) is 0 Å². The predicted octanol–water partition coefficient (Wildman–Crippen LogP) is 4.66. The molecule has 1 saturated heterocycles. The van der Waals surface area contributed by atoms with Gasteiger partial charge in [0.05, 0.1) is 11.4 Å². The number of rotatable bonds is 7. The van der Waals surface area contributed by atoms with Gasteiger partial charge < -0.3 is 10.1 Å². The zero-order valence-corrected chi connectivity index (χ0v) is 17.8. The minimum absolute atomic E-state index is 0.0529. The molecule has 7 heteroatoms. The summed E-state index contributed by atoms with van der Waals surface area (Å²) < 4.78 is 32.4. The molecule has 0 aliphatic carbocycles. The molecule has 1 aliphatic rings. The van der Waals surface area contributed by atoms with Crippen LogP contribution in [0.5, 0.6) is 11.5 Å². The van der Waals surface area contributed by atoms with Crippen LogP contribution < -0.4 is 10.1 Å². The summed E-state index contributed by atoms with van der Waals surface area (Å²) in [7, 11) is -3.31. The topological polar surface area (TPSA) is 75.7 Å². The van der Waals surface area contributed by atoms with Crippen molar-refractivity contribution in [2.24, 2.45) is 0 Å². The van der Waals surface area contributed by atoms with Crippen molar-refractivity contribution >= 4 is 21.6 Å². The van der Waals surface area contributed by atoms with Gasteiger partial charge >= 0.3 is 0 Å². The lowest BCUT2D eigenvalue weighted by Crippen LogP contribution is -2.29. The molecule has 1 aliphatic heterocycles. The Hall–Kier alpha value is -3.16. The molecule has 3 aromatic rings. The third-order valence-electron chi connectivity index (χ3n) is 5.13. The number of nitrogens with zero attached hydrogens (tertiary/aromatic N) is 1. The lowest BCUT2D eigenvalue weighted by Gasteiger charge is -2.15. The third-order valence-corrected chi connectivity index (χ3v) is 6.98. The number of carbonyl (C=O) groups excluding carboxylic acids is 1. The number of para-hydroxylation sites is 3. The van der Waals surface area contributed by atoms with E-state index in [-0.39, 0.29) is 11.7 Å². The summed E-state index contributed by atoms with van der Waals surface area (Å²) in [5.41, 5.74) is 1.66. The largest absolute Gasteiger partial charge is 0.455 e. The first kappa shape index (κ1) is 21.1. The van der Waals surface area contributed by atoms with Crippen LogP contribution in [0.1, 0.15) is 28.8 Å². The number of hydrogen-bond donors (Lipinski definition) is 1. The summed E-state index contributed by atoms with van der Waals surface area (Å²) in [4.78, 5) is 12.7.